The molecule has 0 aliphatic heterocycles. The molecule has 113 valence electrons. The number of nitrogens with one attached hydrogen (secondary N) is 1. The van der Waals surface area contributed by atoms with E-state index in [4.69, 9.17) is 0 Å². The largest absolute Gasteiger partial charge is 0.393 e. The average molecular weight is 276 g/mol. The zero-order valence-corrected chi connectivity index (χ0v) is 12.9. The fourth-order valence-electron chi connectivity index (χ4n) is 2.37. The molecule has 1 radical (unpaired) electrons. The van der Waals surface area contributed by atoms with E-state index in [0.717, 1.165) is 31.5 Å². The lowest BCUT2D eigenvalue weighted by Crippen LogP contribution is -2.13. The average Bonchev–Trinajstić information content (AvgIpc) is 2.47. The van der Waals surface area contributed by atoms with Crippen molar-refractivity contribution in [3.05, 3.63) is 30.3 Å². The van der Waals surface area contributed by atoms with Crippen molar-refractivity contribution in [3.8, 4) is 0 Å². The van der Waals surface area contributed by atoms with Crippen LogP contribution in [-0.2, 0) is 0 Å². The van der Waals surface area contributed by atoms with Gasteiger partial charge in [0.25, 0.3) is 0 Å². The summed E-state index contributed by atoms with van der Waals surface area (Å²) < 4.78 is 0. The monoisotopic (exact) mass is 276 g/mol. The third-order valence-corrected chi connectivity index (χ3v) is 3.67. The number of hydrogen-bond acceptors (Lipinski definition) is 2. The Morgan fingerprint density at radius 3 is 2.35 bits per heavy atom. The zero-order valence-electron chi connectivity index (χ0n) is 12.9. The van der Waals surface area contributed by atoms with E-state index in [1.54, 1.807) is 0 Å². The van der Waals surface area contributed by atoms with Crippen molar-refractivity contribution >= 4 is 5.69 Å². The van der Waals surface area contributed by atoms with E-state index in [-0.39, 0.29) is 6.10 Å². The molecule has 1 rings (SSSR count). The number of aliphatic hydroxyl groups excluding tert-OH is 1. The van der Waals surface area contributed by atoms with Gasteiger partial charge in [-0.1, -0.05) is 64.0 Å². The van der Waals surface area contributed by atoms with E-state index in [1.807, 2.05) is 24.3 Å². The van der Waals surface area contributed by atoms with E-state index in [2.05, 4.69) is 18.3 Å². The number of benzene rings is 1. The molecule has 2 nitrogen and oxygen atoms in total. The predicted molar refractivity (Wildman–Crippen MR) is 87.0 cm³/mol. The molecule has 1 atom stereocenters. The van der Waals surface area contributed by atoms with Gasteiger partial charge in [0, 0.05) is 12.2 Å². The van der Waals surface area contributed by atoms with E-state index < -0.39 is 0 Å². The van der Waals surface area contributed by atoms with Crippen molar-refractivity contribution in [1.82, 2.24) is 0 Å². The van der Waals surface area contributed by atoms with Crippen LogP contribution in [-0.4, -0.2) is 17.8 Å². The first-order valence-corrected chi connectivity index (χ1v) is 8.21. The number of unbranched alkanes of at least 4 members (excludes halogenated alkanes) is 6. The maximum absolute atomic E-state index is 9.92. The van der Waals surface area contributed by atoms with Crippen LogP contribution in [0.15, 0.2) is 24.3 Å². The minimum absolute atomic E-state index is 0.159. The van der Waals surface area contributed by atoms with Crippen LogP contribution in [0.4, 0.5) is 5.69 Å². The van der Waals surface area contributed by atoms with Crippen molar-refractivity contribution in [3.63, 3.8) is 0 Å². The Labute approximate surface area is 124 Å². The maximum Gasteiger partial charge on any atom is 0.0557 e. The molecule has 2 heteroatoms. The van der Waals surface area contributed by atoms with E-state index in [9.17, 15) is 5.11 Å². The molecule has 0 fully saturated rings. The Hall–Kier alpha value is -1.02. The molecule has 0 saturated heterocycles. The Balaban J connectivity index is 1.91. The molecule has 0 heterocycles. The summed E-state index contributed by atoms with van der Waals surface area (Å²) in [4.78, 5) is 0. The molecule has 0 spiro atoms. The highest BCUT2D eigenvalue weighted by molar-refractivity contribution is 5.41. The van der Waals surface area contributed by atoms with Crippen LogP contribution in [0.25, 0.3) is 0 Å². The molecular formula is C18H30NO. The van der Waals surface area contributed by atoms with Gasteiger partial charge in [0.05, 0.1) is 6.10 Å². The third-order valence-electron chi connectivity index (χ3n) is 3.67. The minimum Gasteiger partial charge on any atom is -0.393 e. The SMILES string of the molecule is CCCCCCCCCC(O)CCNc1cc[c]cc1. The highest BCUT2D eigenvalue weighted by Gasteiger charge is 2.03. The van der Waals surface area contributed by atoms with Crippen LogP contribution in [0.2, 0.25) is 0 Å². The maximum atomic E-state index is 9.92. The van der Waals surface area contributed by atoms with Crippen LogP contribution in [0, 0.1) is 6.07 Å². The lowest BCUT2D eigenvalue weighted by Gasteiger charge is -2.11. The van der Waals surface area contributed by atoms with Gasteiger partial charge in [-0.15, -0.1) is 0 Å². The second kappa shape index (κ2) is 11.8. The minimum atomic E-state index is -0.159. The standard InChI is InChI=1S/C18H30NO/c1-2-3-4-5-6-7-11-14-18(20)15-16-19-17-12-9-8-10-13-17/h9-10,12-13,18-20H,2-7,11,14-16H2,1H3. The summed E-state index contributed by atoms with van der Waals surface area (Å²) in [5.74, 6) is 0. The summed E-state index contributed by atoms with van der Waals surface area (Å²) in [6.07, 6.45) is 10.8. The summed E-state index contributed by atoms with van der Waals surface area (Å²) in [5.41, 5.74) is 1.10. The Bertz CT molecular complexity index is 312. The summed E-state index contributed by atoms with van der Waals surface area (Å²) in [6, 6.07) is 10.8. The second-order valence-corrected chi connectivity index (χ2v) is 5.57. The highest BCUT2D eigenvalue weighted by Crippen LogP contribution is 2.11. The zero-order chi connectivity index (χ0) is 14.5. The van der Waals surface area contributed by atoms with Gasteiger partial charge in [-0.2, -0.15) is 0 Å². The second-order valence-electron chi connectivity index (χ2n) is 5.57. The molecule has 1 aromatic carbocycles. The van der Waals surface area contributed by atoms with Crippen molar-refractivity contribution in [1.29, 1.82) is 0 Å². The lowest BCUT2D eigenvalue weighted by atomic mass is 10.0. The predicted octanol–water partition coefficient (Wildman–Crippen LogP) is 4.79. The van der Waals surface area contributed by atoms with E-state index in [1.165, 1.54) is 38.5 Å². The van der Waals surface area contributed by atoms with E-state index >= 15 is 0 Å². The lowest BCUT2D eigenvalue weighted by molar-refractivity contribution is 0.154. The molecule has 1 unspecified atom stereocenters. The highest BCUT2D eigenvalue weighted by atomic mass is 16.3. The van der Waals surface area contributed by atoms with Gasteiger partial charge in [-0.05, 0) is 31.0 Å². The van der Waals surface area contributed by atoms with Gasteiger partial charge >= 0.3 is 0 Å². The number of anilines is 1. The fraction of sp³-hybridized carbons (Fsp3) is 0.667. The Kier molecular flexibility index (Phi) is 10.0. The molecule has 0 saturated carbocycles. The molecule has 0 amide bonds. The first-order chi connectivity index (χ1) is 9.83. The molecule has 2 N–H and O–H groups in total. The number of hydrogen-bond donors (Lipinski definition) is 2. The van der Waals surface area contributed by atoms with Gasteiger partial charge in [0.1, 0.15) is 0 Å². The molecule has 0 aliphatic rings. The Morgan fingerprint density at radius 1 is 1.00 bits per heavy atom. The van der Waals surface area contributed by atoms with Crippen LogP contribution < -0.4 is 5.32 Å². The van der Waals surface area contributed by atoms with E-state index in [0.29, 0.717) is 0 Å². The fourth-order valence-corrected chi connectivity index (χ4v) is 2.37. The van der Waals surface area contributed by atoms with Gasteiger partial charge < -0.3 is 10.4 Å². The summed E-state index contributed by atoms with van der Waals surface area (Å²) >= 11 is 0. The molecule has 20 heavy (non-hydrogen) atoms. The Morgan fingerprint density at radius 2 is 1.65 bits per heavy atom. The van der Waals surface area contributed by atoms with Crippen molar-refractivity contribution in [2.45, 2.75) is 70.8 Å². The normalized spacial score (nSPS) is 12.3. The molecule has 0 aliphatic carbocycles. The molecule has 0 aromatic heterocycles. The summed E-state index contributed by atoms with van der Waals surface area (Å²) in [7, 11) is 0. The molecule has 0 bridgehead atoms. The van der Waals surface area contributed by atoms with Crippen molar-refractivity contribution < 1.29 is 5.11 Å². The van der Waals surface area contributed by atoms with Gasteiger partial charge in [0.2, 0.25) is 0 Å². The smallest absolute Gasteiger partial charge is 0.0557 e. The summed E-state index contributed by atoms with van der Waals surface area (Å²) in [6.45, 7) is 3.08. The van der Waals surface area contributed by atoms with Gasteiger partial charge in [-0.3, -0.25) is 0 Å². The number of rotatable bonds is 12. The van der Waals surface area contributed by atoms with Gasteiger partial charge in [0.15, 0.2) is 0 Å². The first kappa shape index (κ1) is 17.0. The summed E-state index contributed by atoms with van der Waals surface area (Å²) in [5, 5.41) is 13.2. The molecule has 1 aromatic rings. The molecular weight excluding hydrogens is 246 g/mol. The van der Waals surface area contributed by atoms with Crippen LogP contribution >= 0.6 is 0 Å². The van der Waals surface area contributed by atoms with Crippen LogP contribution in [0.5, 0.6) is 0 Å². The number of aliphatic hydroxyl groups is 1. The van der Waals surface area contributed by atoms with Gasteiger partial charge in [-0.25, -0.2) is 0 Å². The third kappa shape index (κ3) is 8.98. The quantitative estimate of drug-likeness (QED) is 0.538. The first-order valence-electron chi connectivity index (χ1n) is 8.21. The van der Waals surface area contributed by atoms with Crippen molar-refractivity contribution in [2.24, 2.45) is 0 Å². The van der Waals surface area contributed by atoms with Crippen LogP contribution in [0.1, 0.15) is 64.7 Å². The van der Waals surface area contributed by atoms with Crippen molar-refractivity contribution in [2.75, 3.05) is 11.9 Å². The topological polar surface area (TPSA) is 32.3 Å². The van der Waals surface area contributed by atoms with Crippen LogP contribution in [0.3, 0.4) is 0 Å².